The fraction of sp³-hybridized carbons (Fsp3) is 0.0769. The molecule has 0 unspecified atom stereocenters. The Labute approximate surface area is 87.8 Å². The van der Waals surface area contributed by atoms with Crippen molar-refractivity contribution in [3.05, 3.63) is 53.6 Å². The zero-order valence-corrected chi connectivity index (χ0v) is 8.07. The van der Waals surface area contributed by atoms with Crippen molar-refractivity contribution < 1.29 is 9.84 Å². The van der Waals surface area contributed by atoms with Gasteiger partial charge in [0.15, 0.2) is 5.75 Å². The first kappa shape index (κ1) is 8.36. The van der Waals surface area contributed by atoms with Crippen molar-refractivity contribution in [2.45, 2.75) is 6.42 Å². The van der Waals surface area contributed by atoms with E-state index in [1.807, 2.05) is 30.3 Å². The van der Waals surface area contributed by atoms with Crippen molar-refractivity contribution in [2.24, 2.45) is 0 Å². The molecule has 0 aromatic heterocycles. The summed E-state index contributed by atoms with van der Waals surface area (Å²) in [6.45, 7) is 0. The second-order valence-corrected chi connectivity index (χ2v) is 3.63. The molecule has 0 saturated carbocycles. The second-order valence-electron chi connectivity index (χ2n) is 3.63. The first-order valence-corrected chi connectivity index (χ1v) is 4.89. The van der Waals surface area contributed by atoms with Gasteiger partial charge in [-0.25, -0.2) is 0 Å². The minimum absolute atomic E-state index is 0.0398. The minimum atomic E-state index is -0.0398. The molecule has 15 heavy (non-hydrogen) atoms. The van der Waals surface area contributed by atoms with Crippen molar-refractivity contribution in [3.63, 3.8) is 0 Å². The Kier molecular flexibility index (Phi) is 1.68. The molecule has 73 valence electrons. The maximum Gasteiger partial charge on any atom is 0.221 e. The van der Waals surface area contributed by atoms with E-state index in [2.05, 4.69) is 0 Å². The van der Waals surface area contributed by atoms with Gasteiger partial charge < -0.3 is 4.74 Å². The fourth-order valence-electron chi connectivity index (χ4n) is 1.88. The van der Waals surface area contributed by atoms with Gasteiger partial charge in [0.1, 0.15) is 5.75 Å². The van der Waals surface area contributed by atoms with Crippen molar-refractivity contribution in [1.29, 1.82) is 0 Å². The predicted octanol–water partition coefficient (Wildman–Crippen LogP) is 3.53. The summed E-state index contributed by atoms with van der Waals surface area (Å²) in [7, 11) is 0. The molecule has 2 aromatic rings. The summed E-state index contributed by atoms with van der Waals surface area (Å²) in [6, 6.07) is 13.1. The third-order valence-electron chi connectivity index (χ3n) is 2.63. The maximum atomic E-state index is 11.5. The Bertz CT molecular complexity index is 518. The molecule has 2 nitrogen and oxygen atoms in total. The molecule has 0 N–H and O–H groups in total. The van der Waals surface area contributed by atoms with Crippen LogP contribution in [0.1, 0.15) is 11.1 Å². The Morgan fingerprint density at radius 2 is 1.73 bits per heavy atom. The minimum Gasteiger partial charge on any atom is -0.453 e. The van der Waals surface area contributed by atoms with Crippen LogP contribution in [0.15, 0.2) is 42.5 Å². The quantitative estimate of drug-likeness (QED) is 0.542. The van der Waals surface area contributed by atoms with Crippen LogP contribution in [0.5, 0.6) is 17.2 Å². The lowest BCUT2D eigenvalue weighted by Crippen LogP contribution is -2.02. The van der Waals surface area contributed by atoms with E-state index in [1.165, 1.54) is 6.07 Å². The Hall–Kier alpha value is -1.96. The van der Waals surface area contributed by atoms with Gasteiger partial charge in [-0.3, -0.25) is 5.11 Å². The molecule has 1 heterocycles. The lowest BCUT2D eigenvalue weighted by Gasteiger charge is -2.19. The molecular formula is C13H9O2. The molecule has 1 radical (unpaired) electrons. The molecule has 0 amide bonds. The number of rotatable bonds is 0. The van der Waals surface area contributed by atoms with E-state index >= 15 is 0 Å². The standard InChI is InChI=1S/C13H9O2/c14-11-6-3-5-10-8-9-4-1-2-7-12(9)15-13(10)11/h1-7H,8H2. The van der Waals surface area contributed by atoms with Crippen LogP contribution >= 0.6 is 0 Å². The summed E-state index contributed by atoms with van der Waals surface area (Å²) in [5.41, 5.74) is 2.11. The molecule has 0 spiro atoms. The van der Waals surface area contributed by atoms with Crippen LogP contribution in [0.4, 0.5) is 0 Å². The SMILES string of the molecule is [O]c1cccc2c1Oc1ccccc1C2. The third-order valence-corrected chi connectivity index (χ3v) is 2.63. The lowest BCUT2D eigenvalue weighted by molar-refractivity contribution is 0.324. The summed E-state index contributed by atoms with van der Waals surface area (Å²) in [5.74, 6) is 1.24. The van der Waals surface area contributed by atoms with E-state index < -0.39 is 0 Å². The first-order chi connectivity index (χ1) is 7.34. The number of hydrogen-bond acceptors (Lipinski definition) is 1. The lowest BCUT2D eigenvalue weighted by atomic mass is 10.0. The van der Waals surface area contributed by atoms with E-state index in [0.29, 0.717) is 5.75 Å². The van der Waals surface area contributed by atoms with Crippen LogP contribution in [-0.4, -0.2) is 0 Å². The average Bonchev–Trinajstić information content (AvgIpc) is 2.27. The van der Waals surface area contributed by atoms with Crippen LogP contribution in [0.2, 0.25) is 0 Å². The van der Waals surface area contributed by atoms with Crippen LogP contribution in [0.3, 0.4) is 0 Å². The summed E-state index contributed by atoms with van der Waals surface area (Å²) < 4.78 is 5.60. The van der Waals surface area contributed by atoms with E-state index in [1.54, 1.807) is 6.07 Å². The number of ether oxygens (including phenoxy) is 1. The molecule has 0 saturated heterocycles. The van der Waals surface area contributed by atoms with E-state index in [-0.39, 0.29) is 5.75 Å². The Balaban J connectivity index is 2.15. The molecular weight excluding hydrogens is 188 g/mol. The van der Waals surface area contributed by atoms with Gasteiger partial charge in [0.2, 0.25) is 5.75 Å². The molecule has 0 aliphatic carbocycles. The first-order valence-electron chi connectivity index (χ1n) is 4.89. The van der Waals surface area contributed by atoms with Gasteiger partial charge in [0.25, 0.3) is 0 Å². The highest BCUT2D eigenvalue weighted by Crippen LogP contribution is 2.41. The second kappa shape index (κ2) is 3.02. The van der Waals surface area contributed by atoms with E-state index in [4.69, 9.17) is 4.74 Å². The molecule has 1 aliphatic rings. The third kappa shape index (κ3) is 1.26. The molecule has 2 heteroatoms. The molecule has 1 aliphatic heterocycles. The van der Waals surface area contributed by atoms with Gasteiger partial charge in [0, 0.05) is 12.0 Å². The highest BCUT2D eigenvalue weighted by Gasteiger charge is 2.19. The highest BCUT2D eigenvalue weighted by molar-refractivity contribution is 5.55. The maximum absolute atomic E-state index is 11.5. The molecule has 2 aromatic carbocycles. The highest BCUT2D eigenvalue weighted by atomic mass is 16.5. The summed E-state index contributed by atoms with van der Waals surface area (Å²) >= 11 is 0. The largest absolute Gasteiger partial charge is 0.453 e. The van der Waals surface area contributed by atoms with Gasteiger partial charge in [-0.05, 0) is 17.7 Å². The van der Waals surface area contributed by atoms with Crippen LogP contribution < -0.4 is 4.74 Å². The Morgan fingerprint density at radius 3 is 2.67 bits per heavy atom. The van der Waals surface area contributed by atoms with Crippen LogP contribution in [0, 0.1) is 0 Å². The topological polar surface area (TPSA) is 29.1 Å². The molecule has 0 bridgehead atoms. The van der Waals surface area contributed by atoms with Gasteiger partial charge in [-0.2, -0.15) is 0 Å². The molecule has 0 fully saturated rings. The normalized spacial score (nSPS) is 12.5. The summed E-state index contributed by atoms with van der Waals surface area (Å²) in [6.07, 6.45) is 0.779. The summed E-state index contributed by atoms with van der Waals surface area (Å²) in [5, 5.41) is 11.5. The number of benzene rings is 2. The zero-order chi connectivity index (χ0) is 10.3. The van der Waals surface area contributed by atoms with Gasteiger partial charge >= 0.3 is 0 Å². The van der Waals surface area contributed by atoms with E-state index in [9.17, 15) is 5.11 Å². The van der Waals surface area contributed by atoms with Crippen molar-refractivity contribution in [2.75, 3.05) is 0 Å². The number of hydrogen-bond donors (Lipinski definition) is 0. The van der Waals surface area contributed by atoms with Gasteiger partial charge in [-0.15, -0.1) is 0 Å². The summed E-state index contributed by atoms with van der Waals surface area (Å²) in [4.78, 5) is 0. The van der Waals surface area contributed by atoms with Crippen molar-refractivity contribution >= 4 is 0 Å². The van der Waals surface area contributed by atoms with Crippen molar-refractivity contribution in [1.82, 2.24) is 0 Å². The van der Waals surface area contributed by atoms with Gasteiger partial charge in [0.05, 0.1) is 0 Å². The van der Waals surface area contributed by atoms with Crippen LogP contribution in [0.25, 0.3) is 0 Å². The smallest absolute Gasteiger partial charge is 0.221 e. The number of fused-ring (bicyclic) bond motifs is 2. The van der Waals surface area contributed by atoms with Crippen LogP contribution in [-0.2, 0) is 11.5 Å². The Morgan fingerprint density at radius 1 is 0.933 bits per heavy atom. The van der Waals surface area contributed by atoms with Gasteiger partial charge in [-0.1, -0.05) is 30.3 Å². The van der Waals surface area contributed by atoms with E-state index in [0.717, 1.165) is 23.3 Å². The predicted molar refractivity (Wildman–Crippen MR) is 55.9 cm³/mol. The molecule has 0 atom stereocenters. The average molecular weight is 197 g/mol. The zero-order valence-electron chi connectivity index (χ0n) is 8.07. The fourth-order valence-corrected chi connectivity index (χ4v) is 1.88. The number of para-hydroxylation sites is 2. The molecule has 3 rings (SSSR count). The monoisotopic (exact) mass is 197 g/mol. The van der Waals surface area contributed by atoms with Crippen molar-refractivity contribution in [3.8, 4) is 17.2 Å².